The Hall–Kier alpha value is -3.74. The molecular weight excluding hydrogens is 386 g/mol. The molecule has 152 valence electrons. The molecule has 0 spiro atoms. The number of nitrogens with zero attached hydrogens (tertiary/aromatic N) is 2. The molecule has 0 aliphatic heterocycles. The zero-order valence-corrected chi connectivity index (χ0v) is 16.3. The molecule has 1 heterocycles. The summed E-state index contributed by atoms with van der Waals surface area (Å²) in [5.41, 5.74) is 3.68. The largest absolute Gasteiger partial charge is 0.331 e. The van der Waals surface area contributed by atoms with Gasteiger partial charge in [0, 0.05) is 25.2 Å². The average molecular weight is 406 g/mol. The van der Waals surface area contributed by atoms with Gasteiger partial charge in [-0.1, -0.05) is 24.3 Å². The molecule has 0 saturated heterocycles. The van der Waals surface area contributed by atoms with Crippen molar-refractivity contribution in [1.82, 2.24) is 9.55 Å². The van der Waals surface area contributed by atoms with E-state index in [0.29, 0.717) is 5.69 Å². The summed E-state index contributed by atoms with van der Waals surface area (Å²) in [6.07, 6.45) is 1.60. The standard InChI is InChI=1S/C23H20F2N4O/c1-29-21-5-3-2-4-20(21)27-22(29)13-8-15-6-10-17(11-7-15)26-23(30)28-19-12-9-16(24)14-18(19)25/h2-7,9-12,14H,8,13H2,1H3,(H2,26,28,30). The Morgan fingerprint density at radius 2 is 1.73 bits per heavy atom. The number of carbonyl (C=O) groups is 1. The summed E-state index contributed by atoms with van der Waals surface area (Å²) in [5.74, 6) is -0.519. The fourth-order valence-electron chi connectivity index (χ4n) is 3.31. The summed E-state index contributed by atoms with van der Waals surface area (Å²) in [5, 5.41) is 5.00. The minimum absolute atomic E-state index is 0.0898. The van der Waals surface area contributed by atoms with Crippen molar-refractivity contribution in [3.8, 4) is 0 Å². The van der Waals surface area contributed by atoms with E-state index >= 15 is 0 Å². The molecule has 0 aliphatic rings. The van der Waals surface area contributed by atoms with Gasteiger partial charge in [0.1, 0.15) is 17.5 Å². The second kappa shape index (κ2) is 8.32. The molecule has 0 unspecified atom stereocenters. The number of urea groups is 1. The van der Waals surface area contributed by atoms with E-state index in [-0.39, 0.29) is 5.69 Å². The Labute approximate surface area is 172 Å². The average Bonchev–Trinajstić information content (AvgIpc) is 3.05. The third-order valence-corrected chi connectivity index (χ3v) is 4.91. The van der Waals surface area contributed by atoms with Crippen molar-refractivity contribution >= 4 is 28.4 Å². The first kappa shape index (κ1) is 19.6. The van der Waals surface area contributed by atoms with Crippen LogP contribution in [-0.4, -0.2) is 15.6 Å². The van der Waals surface area contributed by atoms with Gasteiger partial charge < -0.3 is 15.2 Å². The van der Waals surface area contributed by atoms with E-state index in [1.165, 1.54) is 6.07 Å². The second-order valence-electron chi connectivity index (χ2n) is 6.98. The number of rotatable bonds is 5. The summed E-state index contributed by atoms with van der Waals surface area (Å²) < 4.78 is 28.7. The lowest BCUT2D eigenvalue weighted by Gasteiger charge is -2.09. The van der Waals surface area contributed by atoms with Crippen molar-refractivity contribution < 1.29 is 13.6 Å². The van der Waals surface area contributed by atoms with Gasteiger partial charge in [-0.3, -0.25) is 0 Å². The van der Waals surface area contributed by atoms with Crippen molar-refractivity contribution in [2.75, 3.05) is 10.6 Å². The van der Waals surface area contributed by atoms with Crippen LogP contribution in [0.5, 0.6) is 0 Å². The van der Waals surface area contributed by atoms with Gasteiger partial charge in [0.05, 0.1) is 16.7 Å². The van der Waals surface area contributed by atoms with Gasteiger partial charge in [0.25, 0.3) is 0 Å². The second-order valence-corrected chi connectivity index (χ2v) is 6.98. The van der Waals surface area contributed by atoms with E-state index in [4.69, 9.17) is 0 Å². The molecule has 0 bridgehead atoms. The maximum atomic E-state index is 13.6. The van der Waals surface area contributed by atoms with E-state index in [1.807, 2.05) is 37.4 Å². The normalized spacial score (nSPS) is 10.9. The fourth-order valence-corrected chi connectivity index (χ4v) is 3.31. The minimum Gasteiger partial charge on any atom is -0.331 e. The number of fused-ring (bicyclic) bond motifs is 1. The monoisotopic (exact) mass is 406 g/mol. The predicted molar refractivity (Wildman–Crippen MR) is 114 cm³/mol. The number of para-hydroxylation sites is 2. The van der Waals surface area contributed by atoms with Gasteiger partial charge >= 0.3 is 6.03 Å². The highest BCUT2D eigenvalue weighted by atomic mass is 19.1. The van der Waals surface area contributed by atoms with Crippen LogP contribution in [0, 0.1) is 11.6 Å². The SMILES string of the molecule is Cn1c(CCc2ccc(NC(=O)Nc3ccc(F)cc3F)cc2)nc2ccccc21. The van der Waals surface area contributed by atoms with Crippen LogP contribution >= 0.6 is 0 Å². The lowest BCUT2D eigenvalue weighted by Crippen LogP contribution is -2.20. The number of nitrogens with one attached hydrogen (secondary N) is 2. The summed E-state index contributed by atoms with van der Waals surface area (Å²) in [6.45, 7) is 0. The van der Waals surface area contributed by atoms with Crippen LogP contribution in [-0.2, 0) is 19.9 Å². The Morgan fingerprint density at radius 3 is 2.47 bits per heavy atom. The first-order valence-electron chi connectivity index (χ1n) is 9.52. The lowest BCUT2D eigenvalue weighted by atomic mass is 10.1. The Morgan fingerprint density at radius 1 is 0.967 bits per heavy atom. The molecule has 30 heavy (non-hydrogen) atoms. The van der Waals surface area contributed by atoms with Crippen LogP contribution in [0.15, 0.2) is 66.7 Å². The number of amides is 2. The van der Waals surface area contributed by atoms with Gasteiger partial charge in [0.15, 0.2) is 0 Å². The van der Waals surface area contributed by atoms with Crippen LogP contribution in [0.3, 0.4) is 0 Å². The Kier molecular flexibility index (Phi) is 5.43. The molecule has 3 aromatic carbocycles. The molecule has 2 amide bonds. The molecule has 4 rings (SSSR count). The van der Waals surface area contributed by atoms with Crippen molar-refractivity contribution in [2.24, 2.45) is 7.05 Å². The summed E-state index contributed by atoms with van der Waals surface area (Å²) in [6, 6.07) is 17.8. The highest BCUT2D eigenvalue weighted by Gasteiger charge is 2.09. The molecule has 1 aromatic heterocycles. The molecular formula is C23H20F2N4O. The molecule has 0 aliphatic carbocycles. The molecule has 7 heteroatoms. The molecule has 4 aromatic rings. The first-order valence-corrected chi connectivity index (χ1v) is 9.52. The van der Waals surface area contributed by atoms with Crippen LogP contribution in [0.1, 0.15) is 11.4 Å². The minimum atomic E-state index is -0.831. The number of hydrogen-bond acceptors (Lipinski definition) is 2. The molecule has 5 nitrogen and oxygen atoms in total. The van der Waals surface area contributed by atoms with E-state index < -0.39 is 17.7 Å². The maximum absolute atomic E-state index is 13.6. The highest BCUT2D eigenvalue weighted by molar-refractivity contribution is 5.99. The number of hydrogen-bond donors (Lipinski definition) is 2. The van der Waals surface area contributed by atoms with Crippen molar-refractivity contribution in [2.45, 2.75) is 12.8 Å². The van der Waals surface area contributed by atoms with Crippen LogP contribution in [0.2, 0.25) is 0 Å². The van der Waals surface area contributed by atoms with Gasteiger partial charge in [-0.05, 0) is 48.4 Å². The van der Waals surface area contributed by atoms with Gasteiger partial charge in [-0.25, -0.2) is 18.6 Å². The molecule has 0 fully saturated rings. The maximum Gasteiger partial charge on any atom is 0.323 e. The summed E-state index contributed by atoms with van der Waals surface area (Å²) >= 11 is 0. The summed E-state index contributed by atoms with van der Waals surface area (Å²) in [4.78, 5) is 16.7. The third-order valence-electron chi connectivity index (χ3n) is 4.91. The van der Waals surface area contributed by atoms with Gasteiger partial charge in [0.2, 0.25) is 0 Å². The zero-order chi connectivity index (χ0) is 21.1. The number of imidazole rings is 1. The number of carbonyl (C=O) groups excluding carboxylic acids is 1. The third kappa shape index (κ3) is 4.30. The van der Waals surface area contributed by atoms with Crippen molar-refractivity contribution in [3.05, 3.63) is 89.8 Å². The topological polar surface area (TPSA) is 59.0 Å². The number of aryl methyl sites for hydroxylation is 3. The number of aromatic nitrogens is 2. The molecule has 0 radical (unpaired) electrons. The Bertz CT molecular complexity index is 1200. The highest BCUT2D eigenvalue weighted by Crippen LogP contribution is 2.18. The predicted octanol–water partition coefficient (Wildman–Crippen LogP) is 5.28. The van der Waals surface area contributed by atoms with E-state index in [1.54, 1.807) is 12.1 Å². The summed E-state index contributed by atoms with van der Waals surface area (Å²) in [7, 11) is 2.01. The first-order chi connectivity index (χ1) is 14.5. The Balaban J connectivity index is 1.35. The van der Waals surface area contributed by atoms with Crippen molar-refractivity contribution in [1.29, 1.82) is 0 Å². The number of benzene rings is 3. The van der Waals surface area contributed by atoms with Crippen LogP contribution in [0.4, 0.5) is 25.0 Å². The van der Waals surface area contributed by atoms with Gasteiger partial charge in [-0.15, -0.1) is 0 Å². The van der Waals surface area contributed by atoms with Crippen LogP contribution < -0.4 is 10.6 Å². The zero-order valence-electron chi connectivity index (χ0n) is 16.3. The number of halogens is 2. The molecule has 0 atom stereocenters. The van der Waals surface area contributed by atoms with E-state index in [2.05, 4.69) is 26.3 Å². The quantitative estimate of drug-likeness (QED) is 0.474. The van der Waals surface area contributed by atoms with E-state index in [9.17, 15) is 13.6 Å². The van der Waals surface area contributed by atoms with Crippen LogP contribution in [0.25, 0.3) is 11.0 Å². The van der Waals surface area contributed by atoms with Crippen molar-refractivity contribution in [3.63, 3.8) is 0 Å². The van der Waals surface area contributed by atoms with E-state index in [0.717, 1.165) is 47.4 Å². The lowest BCUT2D eigenvalue weighted by molar-refractivity contribution is 0.262. The van der Waals surface area contributed by atoms with Gasteiger partial charge in [-0.2, -0.15) is 0 Å². The molecule has 2 N–H and O–H groups in total. The number of anilines is 2. The smallest absolute Gasteiger partial charge is 0.323 e. The fraction of sp³-hybridized carbons (Fsp3) is 0.130. The molecule has 0 saturated carbocycles.